The van der Waals surface area contributed by atoms with Gasteiger partial charge in [-0.2, -0.15) is 0 Å². The van der Waals surface area contributed by atoms with Crippen LogP contribution in [0.5, 0.6) is 0 Å². The number of aromatic nitrogens is 3. The van der Waals surface area contributed by atoms with E-state index >= 15 is 0 Å². The van der Waals surface area contributed by atoms with Crippen LogP contribution in [0.25, 0.3) is 11.0 Å². The zero-order valence-corrected chi connectivity index (χ0v) is 19.4. The Kier molecular flexibility index (Phi) is 6.96. The number of aryl methyl sites for hydroxylation is 1. The summed E-state index contributed by atoms with van der Waals surface area (Å²) in [7, 11) is 0. The van der Waals surface area contributed by atoms with Gasteiger partial charge in [-0.15, -0.1) is 0 Å². The van der Waals surface area contributed by atoms with E-state index < -0.39 is 0 Å². The number of amides is 1. The molecule has 34 heavy (non-hydrogen) atoms. The number of carbonyl (C=O) groups is 1. The highest BCUT2D eigenvalue weighted by Crippen LogP contribution is 2.33. The smallest absolute Gasteiger partial charge is 0.251 e. The monoisotopic (exact) mass is 453 g/mol. The molecule has 1 aliphatic rings. The minimum atomic E-state index is -0.00913. The van der Waals surface area contributed by atoms with E-state index in [4.69, 9.17) is 9.97 Å². The lowest BCUT2D eigenvalue weighted by atomic mass is 9.90. The number of benzene rings is 2. The summed E-state index contributed by atoms with van der Waals surface area (Å²) < 4.78 is 0. The van der Waals surface area contributed by atoms with Gasteiger partial charge in [0.05, 0.1) is 29.3 Å². The van der Waals surface area contributed by atoms with Gasteiger partial charge in [0.1, 0.15) is 5.82 Å². The molecule has 1 aliphatic carbocycles. The highest BCUT2D eigenvalue weighted by atomic mass is 16.1. The summed E-state index contributed by atoms with van der Waals surface area (Å²) in [5, 5.41) is 3.05. The number of unbranched alkanes of at least 4 members (excludes halogenated alkanes) is 1. The van der Waals surface area contributed by atoms with E-state index in [-0.39, 0.29) is 11.9 Å². The van der Waals surface area contributed by atoms with E-state index in [1.165, 1.54) is 17.7 Å². The van der Waals surface area contributed by atoms with Gasteiger partial charge in [-0.1, -0.05) is 36.4 Å². The number of para-hydroxylation sites is 2. The van der Waals surface area contributed by atoms with Gasteiger partial charge in [0, 0.05) is 18.3 Å². The van der Waals surface area contributed by atoms with Gasteiger partial charge in [-0.3, -0.25) is 14.7 Å². The highest BCUT2D eigenvalue weighted by molar-refractivity contribution is 5.94. The molecule has 2 aromatic carbocycles. The quantitative estimate of drug-likeness (QED) is 0.348. The Balaban J connectivity index is 1.25. The van der Waals surface area contributed by atoms with Crippen LogP contribution in [0.15, 0.2) is 72.9 Å². The Morgan fingerprint density at radius 2 is 1.88 bits per heavy atom. The van der Waals surface area contributed by atoms with E-state index in [0.29, 0.717) is 12.1 Å². The van der Waals surface area contributed by atoms with Gasteiger partial charge in [0.15, 0.2) is 0 Å². The SMILES string of the molecule is O=C(NCCCCN(Cc1nc2ccccc2[nH]1)C1CCCc2cccnc21)c1ccccc1. The molecule has 0 saturated carbocycles. The number of imidazole rings is 1. The second-order valence-electron chi connectivity index (χ2n) is 8.96. The molecule has 1 atom stereocenters. The van der Waals surface area contributed by atoms with Crippen molar-refractivity contribution in [2.75, 3.05) is 13.1 Å². The molecule has 0 radical (unpaired) electrons. The second-order valence-corrected chi connectivity index (χ2v) is 8.96. The molecule has 174 valence electrons. The number of H-pyrrole nitrogens is 1. The number of carbonyl (C=O) groups excluding carboxylic acids is 1. The van der Waals surface area contributed by atoms with Crippen molar-refractivity contribution in [1.29, 1.82) is 0 Å². The van der Waals surface area contributed by atoms with E-state index in [0.717, 1.165) is 55.6 Å². The fourth-order valence-corrected chi connectivity index (χ4v) is 4.89. The van der Waals surface area contributed by atoms with Crippen LogP contribution in [0.3, 0.4) is 0 Å². The third-order valence-electron chi connectivity index (χ3n) is 6.59. The van der Waals surface area contributed by atoms with Gasteiger partial charge in [-0.25, -0.2) is 4.98 Å². The Labute approximate surface area is 200 Å². The predicted molar refractivity (Wildman–Crippen MR) is 134 cm³/mol. The molecule has 0 saturated heterocycles. The number of nitrogens with zero attached hydrogens (tertiary/aromatic N) is 3. The van der Waals surface area contributed by atoms with Crippen molar-refractivity contribution >= 4 is 16.9 Å². The summed E-state index contributed by atoms with van der Waals surface area (Å²) >= 11 is 0. The maximum atomic E-state index is 12.3. The number of nitrogens with one attached hydrogen (secondary N) is 2. The van der Waals surface area contributed by atoms with Gasteiger partial charge in [0.2, 0.25) is 0 Å². The topological polar surface area (TPSA) is 73.9 Å². The number of hydrogen-bond acceptors (Lipinski definition) is 4. The first-order valence-electron chi connectivity index (χ1n) is 12.2. The highest BCUT2D eigenvalue weighted by Gasteiger charge is 2.27. The summed E-state index contributed by atoms with van der Waals surface area (Å²) in [5.41, 5.74) is 5.36. The third-order valence-corrected chi connectivity index (χ3v) is 6.59. The maximum absolute atomic E-state index is 12.3. The first-order valence-corrected chi connectivity index (χ1v) is 12.2. The first kappa shape index (κ1) is 22.3. The fraction of sp³-hybridized carbons (Fsp3) is 0.321. The van der Waals surface area contributed by atoms with Gasteiger partial charge >= 0.3 is 0 Å². The number of pyridine rings is 1. The lowest BCUT2D eigenvalue weighted by Crippen LogP contribution is -2.33. The Morgan fingerprint density at radius 1 is 1.03 bits per heavy atom. The van der Waals surface area contributed by atoms with E-state index in [1.54, 1.807) is 0 Å². The Bertz CT molecular complexity index is 1200. The van der Waals surface area contributed by atoms with Crippen LogP contribution in [-0.4, -0.2) is 38.8 Å². The van der Waals surface area contributed by atoms with E-state index in [9.17, 15) is 4.79 Å². The third kappa shape index (κ3) is 5.18. The zero-order valence-electron chi connectivity index (χ0n) is 19.4. The molecular formula is C28H31N5O. The number of fused-ring (bicyclic) bond motifs is 2. The standard InChI is InChI=1S/C28H31N5O/c34-28(22-10-2-1-3-11-22)30-17-6-7-19-33(20-26-31-23-14-4-5-15-24(23)32-26)25-16-8-12-21-13-9-18-29-27(21)25/h1-5,9-11,13-15,18,25H,6-8,12,16-17,19-20H2,(H,30,34)(H,31,32). The molecule has 2 N–H and O–H groups in total. The van der Waals surface area contributed by atoms with Crippen molar-refractivity contribution in [2.45, 2.75) is 44.7 Å². The van der Waals surface area contributed by atoms with Crippen LogP contribution in [0.4, 0.5) is 0 Å². The van der Waals surface area contributed by atoms with Crippen molar-refractivity contribution < 1.29 is 4.79 Å². The summed E-state index contributed by atoms with van der Waals surface area (Å²) in [4.78, 5) is 27.9. The molecule has 6 heteroatoms. The molecule has 4 aromatic rings. The lowest BCUT2D eigenvalue weighted by molar-refractivity contribution is 0.0951. The van der Waals surface area contributed by atoms with Crippen LogP contribution >= 0.6 is 0 Å². The Morgan fingerprint density at radius 3 is 2.76 bits per heavy atom. The van der Waals surface area contributed by atoms with Crippen LogP contribution < -0.4 is 5.32 Å². The summed E-state index contributed by atoms with van der Waals surface area (Å²) in [6.45, 7) is 2.36. The molecule has 0 aliphatic heterocycles. The average Bonchev–Trinajstić information content (AvgIpc) is 3.30. The zero-order chi connectivity index (χ0) is 23.2. The van der Waals surface area contributed by atoms with Crippen molar-refractivity contribution in [3.63, 3.8) is 0 Å². The minimum absolute atomic E-state index is 0.00913. The predicted octanol–water partition coefficient (Wildman–Crippen LogP) is 5.05. The minimum Gasteiger partial charge on any atom is -0.352 e. The van der Waals surface area contributed by atoms with Crippen molar-refractivity contribution in [2.24, 2.45) is 0 Å². The van der Waals surface area contributed by atoms with Crippen molar-refractivity contribution in [1.82, 2.24) is 25.2 Å². The van der Waals surface area contributed by atoms with Crippen LogP contribution in [0, 0.1) is 0 Å². The van der Waals surface area contributed by atoms with Crippen LogP contribution in [0.2, 0.25) is 0 Å². The van der Waals surface area contributed by atoms with Crippen LogP contribution in [-0.2, 0) is 13.0 Å². The van der Waals surface area contributed by atoms with Gasteiger partial charge < -0.3 is 10.3 Å². The lowest BCUT2D eigenvalue weighted by Gasteiger charge is -2.34. The molecule has 1 amide bonds. The largest absolute Gasteiger partial charge is 0.352 e. The average molecular weight is 454 g/mol. The van der Waals surface area contributed by atoms with Crippen LogP contribution in [0.1, 0.15) is 59.2 Å². The van der Waals surface area contributed by atoms with Gasteiger partial charge in [-0.05, 0) is 74.5 Å². The van der Waals surface area contributed by atoms with Crippen molar-refractivity contribution in [3.8, 4) is 0 Å². The number of hydrogen-bond donors (Lipinski definition) is 2. The normalized spacial score (nSPS) is 15.4. The van der Waals surface area contributed by atoms with E-state index in [1.807, 2.05) is 60.8 Å². The summed E-state index contributed by atoms with van der Waals surface area (Å²) in [6, 6.07) is 22.1. The molecule has 2 heterocycles. The fourth-order valence-electron chi connectivity index (χ4n) is 4.89. The number of rotatable bonds is 9. The summed E-state index contributed by atoms with van der Waals surface area (Å²) in [5.74, 6) is 0.978. The van der Waals surface area contributed by atoms with E-state index in [2.05, 4.69) is 27.3 Å². The Hall–Kier alpha value is -3.51. The molecule has 2 aromatic heterocycles. The first-order chi connectivity index (χ1) is 16.8. The molecule has 1 unspecified atom stereocenters. The maximum Gasteiger partial charge on any atom is 0.251 e. The molecule has 0 bridgehead atoms. The molecule has 6 nitrogen and oxygen atoms in total. The molecule has 0 fully saturated rings. The second kappa shape index (κ2) is 10.6. The molecule has 5 rings (SSSR count). The van der Waals surface area contributed by atoms with Crippen molar-refractivity contribution in [3.05, 3.63) is 95.6 Å². The summed E-state index contributed by atoms with van der Waals surface area (Å²) in [6.07, 6.45) is 7.21. The molecular weight excluding hydrogens is 422 g/mol. The van der Waals surface area contributed by atoms with Gasteiger partial charge in [0.25, 0.3) is 5.91 Å². The molecule has 0 spiro atoms. The number of aromatic amines is 1.